The molecule has 1 amide bonds. The van der Waals surface area contributed by atoms with Crippen molar-refractivity contribution >= 4 is 27.7 Å². The molecule has 0 aliphatic carbocycles. The van der Waals surface area contributed by atoms with Crippen LogP contribution in [0.15, 0.2) is 11.1 Å². The predicted octanol–water partition coefficient (Wildman–Crippen LogP) is 1.48. The van der Waals surface area contributed by atoms with Crippen LogP contribution in [0.3, 0.4) is 0 Å². The van der Waals surface area contributed by atoms with Crippen LogP contribution in [0.1, 0.15) is 16.8 Å². The Kier molecular flexibility index (Phi) is 6.39. The van der Waals surface area contributed by atoms with Crippen LogP contribution in [-0.4, -0.2) is 66.7 Å². The van der Waals surface area contributed by atoms with E-state index in [9.17, 15) is 26.4 Å². The molecule has 0 aromatic carbocycles. The number of carbonyl (C=O) groups is 1. The molecule has 0 unspecified atom stereocenters. The molecule has 1 fully saturated rings. The molecule has 12 heteroatoms. The quantitative estimate of drug-likeness (QED) is 0.682. The van der Waals surface area contributed by atoms with Gasteiger partial charge < -0.3 is 4.90 Å². The average Bonchev–Trinajstić information content (AvgIpc) is 2.57. The van der Waals surface area contributed by atoms with Gasteiger partial charge in [-0.2, -0.15) is 22.7 Å². The Morgan fingerprint density at radius 2 is 1.93 bits per heavy atom. The minimum atomic E-state index is -4.69. The van der Waals surface area contributed by atoms with Crippen LogP contribution in [0.5, 0.6) is 0 Å². The molecule has 1 saturated heterocycles. The van der Waals surface area contributed by atoms with Gasteiger partial charge >= 0.3 is 6.18 Å². The van der Waals surface area contributed by atoms with E-state index in [4.69, 9.17) is 5.26 Å². The number of aromatic nitrogens is 1. The van der Waals surface area contributed by atoms with Gasteiger partial charge in [-0.25, -0.2) is 13.4 Å². The van der Waals surface area contributed by atoms with E-state index >= 15 is 0 Å². The lowest BCUT2D eigenvalue weighted by molar-refractivity contribution is -0.138. The van der Waals surface area contributed by atoms with Gasteiger partial charge in [-0.15, -0.1) is 0 Å². The number of amides is 1. The van der Waals surface area contributed by atoms with Gasteiger partial charge in [-0.1, -0.05) is 11.8 Å². The third kappa shape index (κ3) is 5.33. The number of pyridine rings is 1. The summed E-state index contributed by atoms with van der Waals surface area (Å²) in [6.07, 6.45) is -3.61. The molecule has 0 atom stereocenters. The Morgan fingerprint density at radius 1 is 1.33 bits per heavy atom. The molecule has 0 N–H and O–H groups in total. The van der Waals surface area contributed by atoms with Crippen LogP contribution in [-0.2, 0) is 21.0 Å². The number of hydrogen-bond acceptors (Lipinski definition) is 6. The molecule has 2 heterocycles. The molecule has 0 spiro atoms. The maximum Gasteiger partial charge on any atom is 0.417 e. The monoisotopic (exact) mass is 422 g/mol. The zero-order chi connectivity index (χ0) is 20.4. The fraction of sp³-hybridized carbons (Fsp3) is 0.533. The van der Waals surface area contributed by atoms with Crippen molar-refractivity contribution in [2.24, 2.45) is 0 Å². The Morgan fingerprint density at radius 3 is 2.41 bits per heavy atom. The summed E-state index contributed by atoms with van der Waals surface area (Å²) in [6, 6.07) is 2.32. The highest BCUT2D eigenvalue weighted by atomic mass is 32.2. The Balaban J connectivity index is 2.08. The summed E-state index contributed by atoms with van der Waals surface area (Å²) in [7, 11) is -3.33. The minimum absolute atomic E-state index is 0.0954. The number of nitrogens with zero attached hydrogens (tertiary/aromatic N) is 4. The van der Waals surface area contributed by atoms with Crippen LogP contribution in [0, 0.1) is 18.3 Å². The molecule has 148 valence electrons. The first-order valence-electron chi connectivity index (χ1n) is 7.78. The lowest BCUT2D eigenvalue weighted by Gasteiger charge is -2.33. The van der Waals surface area contributed by atoms with Gasteiger partial charge in [-0.3, -0.25) is 4.79 Å². The number of nitriles is 1. The third-order valence-corrected chi connectivity index (χ3v) is 6.19. The van der Waals surface area contributed by atoms with Gasteiger partial charge in [0.05, 0.1) is 23.1 Å². The van der Waals surface area contributed by atoms with E-state index in [1.165, 1.54) is 22.2 Å². The summed E-state index contributed by atoms with van der Waals surface area (Å²) in [5, 5.41) is 8.97. The summed E-state index contributed by atoms with van der Waals surface area (Å²) < 4.78 is 63.5. The second-order valence-electron chi connectivity index (χ2n) is 5.93. The van der Waals surface area contributed by atoms with Crippen LogP contribution in [0.4, 0.5) is 13.2 Å². The van der Waals surface area contributed by atoms with Gasteiger partial charge in [0.2, 0.25) is 15.9 Å². The molecular formula is C15H17F3N4O3S2. The van der Waals surface area contributed by atoms with Crippen LogP contribution in [0.25, 0.3) is 0 Å². The lowest BCUT2D eigenvalue weighted by atomic mass is 10.1. The second kappa shape index (κ2) is 8.04. The fourth-order valence-electron chi connectivity index (χ4n) is 2.57. The maximum atomic E-state index is 13.1. The zero-order valence-corrected chi connectivity index (χ0v) is 16.2. The molecule has 0 bridgehead atoms. The molecule has 1 aromatic heterocycles. The number of alkyl halides is 3. The van der Waals surface area contributed by atoms with Crippen LogP contribution >= 0.6 is 11.8 Å². The smallest absolute Gasteiger partial charge is 0.339 e. The van der Waals surface area contributed by atoms with Crippen LogP contribution in [0.2, 0.25) is 0 Å². The number of rotatable bonds is 4. The molecular weight excluding hydrogens is 405 g/mol. The number of carbonyl (C=O) groups excluding carboxylic acids is 1. The number of piperazine rings is 1. The number of hydrogen-bond donors (Lipinski definition) is 0. The molecule has 1 aliphatic rings. The zero-order valence-electron chi connectivity index (χ0n) is 14.6. The van der Waals surface area contributed by atoms with E-state index in [-0.39, 0.29) is 48.6 Å². The topological polar surface area (TPSA) is 94.4 Å². The van der Waals surface area contributed by atoms with Crippen molar-refractivity contribution in [3.63, 3.8) is 0 Å². The number of thioether (sulfide) groups is 1. The van der Waals surface area contributed by atoms with Gasteiger partial charge in [0.15, 0.2) is 0 Å². The molecule has 1 aromatic rings. The van der Waals surface area contributed by atoms with Gasteiger partial charge in [-0.05, 0) is 13.0 Å². The van der Waals surface area contributed by atoms with E-state index in [1.807, 2.05) is 0 Å². The summed E-state index contributed by atoms with van der Waals surface area (Å²) in [4.78, 5) is 17.7. The standard InChI is InChI=1S/C15H17F3N4O3S2/c1-10-7-12(15(16,17)18)11(8-19)14(20-10)26-9-13(23)21-3-5-22(6-4-21)27(2,24)25/h7H,3-6,9H2,1-2H3. The predicted molar refractivity (Wildman–Crippen MR) is 92.4 cm³/mol. The Labute approximate surface area is 159 Å². The number of aryl methyl sites for hydroxylation is 1. The van der Waals surface area contributed by atoms with E-state index in [0.29, 0.717) is 0 Å². The van der Waals surface area contributed by atoms with Crippen molar-refractivity contribution < 1.29 is 26.4 Å². The molecule has 2 rings (SSSR count). The van der Waals surface area contributed by atoms with Gasteiger partial charge in [0, 0.05) is 31.9 Å². The molecule has 1 aliphatic heterocycles. The second-order valence-corrected chi connectivity index (χ2v) is 8.88. The maximum absolute atomic E-state index is 13.1. The molecule has 0 saturated carbocycles. The first kappa shape index (κ1) is 21.5. The highest BCUT2D eigenvalue weighted by molar-refractivity contribution is 8.00. The number of sulfonamides is 1. The summed E-state index contributed by atoms with van der Waals surface area (Å²) in [5.41, 5.74) is -1.58. The molecule has 7 nitrogen and oxygen atoms in total. The highest BCUT2D eigenvalue weighted by Gasteiger charge is 2.36. The Bertz CT molecular complexity index is 874. The lowest BCUT2D eigenvalue weighted by Crippen LogP contribution is -2.50. The van der Waals surface area contributed by atoms with E-state index in [1.54, 1.807) is 0 Å². The fourth-order valence-corrected chi connectivity index (χ4v) is 4.35. The van der Waals surface area contributed by atoms with Gasteiger partial charge in [0.25, 0.3) is 0 Å². The van der Waals surface area contributed by atoms with Crippen molar-refractivity contribution in [2.45, 2.75) is 18.1 Å². The van der Waals surface area contributed by atoms with Crippen molar-refractivity contribution in [2.75, 3.05) is 38.2 Å². The first-order chi connectivity index (χ1) is 12.4. The van der Waals surface area contributed by atoms with Crippen LogP contribution < -0.4 is 0 Å². The highest BCUT2D eigenvalue weighted by Crippen LogP contribution is 2.35. The number of halogens is 3. The molecule has 0 radical (unpaired) electrons. The van der Waals surface area contributed by atoms with E-state index in [2.05, 4.69) is 4.98 Å². The average molecular weight is 422 g/mol. The van der Waals surface area contributed by atoms with Crippen molar-refractivity contribution in [3.8, 4) is 6.07 Å². The van der Waals surface area contributed by atoms with E-state index in [0.717, 1.165) is 24.1 Å². The minimum Gasteiger partial charge on any atom is -0.339 e. The molecule has 27 heavy (non-hydrogen) atoms. The van der Waals surface area contributed by atoms with Crippen molar-refractivity contribution in [1.82, 2.24) is 14.2 Å². The Hall–Kier alpha value is -1.84. The largest absolute Gasteiger partial charge is 0.417 e. The van der Waals surface area contributed by atoms with Gasteiger partial charge in [0.1, 0.15) is 11.1 Å². The normalized spacial score (nSPS) is 16.2. The summed E-state index contributed by atoms with van der Waals surface area (Å²) in [6.45, 7) is 2.12. The van der Waals surface area contributed by atoms with Crippen molar-refractivity contribution in [3.05, 3.63) is 22.9 Å². The SMILES string of the molecule is Cc1cc(C(F)(F)F)c(C#N)c(SCC(=O)N2CCN(S(C)(=O)=O)CC2)n1. The summed E-state index contributed by atoms with van der Waals surface area (Å²) >= 11 is 0.767. The first-order valence-corrected chi connectivity index (χ1v) is 10.6. The third-order valence-electron chi connectivity index (χ3n) is 3.92. The van der Waals surface area contributed by atoms with Crippen molar-refractivity contribution in [1.29, 1.82) is 5.26 Å². The summed E-state index contributed by atoms with van der Waals surface area (Å²) in [5.74, 6) is -0.546. The van der Waals surface area contributed by atoms with E-state index < -0.39 is 27.3 Å².